The van der Waals surface area contributed by atoms with Gasteiger partial charge in [0.05, 0.1) is 11.5 Å². The molecular formula is C21H22N4O2S2. The van der Waals surface area contributed by atoms with Crippen molar-refractivity contribution >= 4 is 28.7 Å². The molecule has 0 aliphatic carbocycles. The van der Waals surface area contributed by atoms with Crippen molar-refractivity contribution in [3.05, 3.63) is 63.8 Å². The lowest BCUT2D eigenvalue weighted by atomic mass is 9.87. The first-order valence-electron chi connectivity index (χ1n) is 9.30. The lowest BCUT2D eigenvalue weighted by Gasteiger charge is -2.19. The zero-order chi connectivity index (χ0) is 20.4. The van der Waals surface area contributed by atoms with E-state index in [2.05, 4.69) is 48.0 Å². The first kappa shape index (κ1) is 19.7. The number of fused-ring (bicyclic) bond motifs is 1. The highest BCUT2D eigenvalue weighted by atomic mass is 32.2. The number of nitrogens with zero attached hydrogens (tertiary/aromatic N) is 3. The number of benzene rings is 1. The minimum absolute atomic E-state index is 0.126. The molecule has 6 nitrogen and oxygen atoms in total. The van der Waals surface area contributed by atoms with Crippen molar-refractivity contribution in [1.82, 2.24) is 19.6 Å². The Hall–Kier alpha value is -2.58. The first-order valence-corrected chi connectivity index (χ1v) is 11.2. The molecule has 29 heavy (non-hydrogen) atoms. The van der Waals surface area contributed by atoms with Crippen molar-refractivity contribution in [3.63, 3.8) is 0 Å². The molecule has 4 rings (SSSR count). The summed E-state index contributed by atoms with van der Waals surface area (Å²) in [6.45, 7) is 7.11. The number of aromatic nitrogens is 4. The number of nitrogens with one attached hydrogen (secondary N) is 1. The van der Waals surface area contributed by atoms with E-state index in [9.17, 15) is 4.79 Å². The van der Waals surface area contributed by atoms with Crippen molar-refractivity contribution in [2.24, 2.45) is 0 Å². The van der Waals surface area contributed by atoms with Gasteiger partial charge in [-0.25, -0.2) is 14.5 Å². The average Bonchev–Trinajstić information content (AvgIpc) is 3.33. The molecule has 8 heteroatoms. The molecule has 0 amide bonds. The van der Waals surface area contributed by atoms with E-state index < -0.39 is 0 Å². The molecule has 150 valence electrons. The van der Waals surface area contributed by atoms with E-state index in [1.807, 2.05) is 29.6 Å². The Kier molecular flexibility index (Phi) is 5.47. The first-order chi connectivity index (χ1) is 13.9. The summed E-state index contributed by atoms with van der Waals surface area (Å²) in [6.07, 6.45) is 0. The van der Waals surface area contributed by atoms with Crippen molar-refractivity contribution < 1.29 is 4.74 Å². The minimum Gasteiger partial charge on any atom is -0.493 e. The fourth-order valence-corrected chi connectivity index (χ4v) is 4.27. The molecule has 0 fully saturated rings. The normalized spacial score (nSPS) is 11.8. The van der Waals surface area contributed by atoms with Gasteiger partial charge >= 0.3 is 0 Å². The number of hydrogen-bond acceptors (Lipinski definition) is 6. The largest absolute Gasteiger partial charge is 0.493 e. The second kappa shape index (κ2) is 8.04. The average molecular weight is 427 g/mol. The lowest BCUT2D eigenvalue weighted by Crippen LogP contribution is -2.10. The number of thioether (sulfide) groups is 1. The summed E-state index contributed by atoms with van der Waals surface area (Å²) in [6, 6.07) is 13.6. The van der Waals surface area contributed by atoms with E-state index in [1.54, 1.807) is 15.9 Å². The van der Waals surface area contributed by atoms with Gasteiger partial charge in [0.15, 0.2) is 16.6 Å². The molecule has 0 saturated heterocycles. The third-order valence-electron chi connectivity index (χ3n) is 4.37. The monoisotopic (exact) mass is 426 g/mol. The second-order valence-corrected chi connectivity index (χ2v) is 9.60. The van der Waals surface area contributed by atoms with Crippen molar-refractivity contribution in [3.8, 4) is 16.5 Å². The third-order valence-corrected chi connectivity index (χ3v) is 6.14. The van der Waals surface area contributed by atoms with Crippen LogP contribution >= 0.6 is 23.1 Å². The molecule has 1 N–H and O–H groups in total. The van der Waals surface area contributed by atoms with Gasteiger partial charge in [-0.15, -0.1) is 11.3 Å². The van der Waals surface area contributed by atoms with Gasteiger partial charge in [0, 0.05) is 11.8 Å². The number of rotatable bonds is 6. The number of hydrogen-bond donors (Lipinski definition) is 1. The molecular weight excluding hydrogens is 404 g/mol. The molecule has 0 unspecified atom stereocenters. The Balaban J connectivity index is 1.45. The van der Waals surface area contributed by atoms with E-state index in [-0.39, 0.29) is 11.0 Å². The third kappa shape index (κ3) is 4.54. The minimum atomic E-state index is -0.195. The fourth-order valence-electron chi connectivity index (χ4n) is 2.84. The summed E-state index contributed by atoms with van der Waals surface area (Å²) in [4.78, 5) is 21.9. The molecule has 0 saturated carbocycles. The lowest BCUT2D eigenvalue weighted by molar-refractivity contribution is 0.343. The number of thiophene rings is 1. The summed E-state index contributed by atoms with van der Waals surface area (Å²) in [5, 5.41) is 5.43. The number of H-pyrrole nitrogens is 1. The molecule has 1 aromatic carbocycles. The zero-order valence-corrected chi connectivity index (χ0v) is 18.1. The van der Waals surface area contributed by atoms with Crippen LogP contribution < -0.4 is 10.3 Å². The van der Waals surface area contributed by atoms with Crippen LogP contribution in [0.25, 0.3) is 16.3 Å². The van der Waals surface area contributed by atoms with Gasteiger partial charge in [-0.05, 0) is 34.6 Å². The van der Waals surface area contributed by atoms with Crippen molar-refractivity contribution in [1.29, 1.82) is 0 Å². The Bertz CT molecular complexity index is 1160. The maximum absolute atomic E-state index is 11.8. The summed E-state index contributed by atoms with van der Waals surface area (Å²) < 4.78 is 7.50. The topological polar surface area (TPSA) is 72.3 Å². The van der Waals surface area contributed by atoms with E-state index in [1.165, 1.54) is 23.4 Å². The van der Waals surface area contributed by atoms with Crippen LogP contribution in [-0.4, -0.2) is 31.9 Å². The van der Waals surface area contributed by atoms with Crippen LogP contribution in [0.3, 0.4) is 0 Å². The quantitative estimate of drug-likeness (QED) is 0.360. The molecule has 0 radical (unpaired) electrons. The highest BCUT2D eigenvalue weighted by Crippen LogP contribution is 2.26. The maximum atomic E-state index is 11.8. The molecule has 0 bridgehead atoms. The van der Waals surface area contributed by atoms with Crippen LogP contribution in [0.15, 0.2) is 57.8 Å². The Morgan fingerprint density at radius 3 is 2.66 bits per heavy atom. The SMILES string of the molecule is CC(C)(C)c1ccc(OCCSc2nc(-c3cccs3)nc3cc(=O)[nH]n23)cc1. The van der Waals surface area contributed by atoms with E-state index >= 15 is 0 Å². The molecule has 3 heterocycles. The highest BCUT2D eigenvalue weighted by molar-refractivity contribution is 7.99. The van der Waals surface area contributed by atoms with E-state index in [4.69, 9.17) is 4.74 Å². The maximum Gasteiger partial charge on any atom is 0.266 e. The van der Waals surface area contributed by atoms with Crippen LogP contribution in [0, 0.1) is 0 Å². The van der Waals surface area contributed by atoms with Crippen molar-refractivity contribution in [2.75, 3.05) is 12.4 Å². The number of ether oxygens (including phenoxy) is 1. The summed E-state index contributed by atoms with van der Waals surface area (Å²) >= 11 is 3.09. The molecule has 0 spiro atoms. The van der Waals surface area contributed by atoms with Gasteiger partial charge in [0.2, 0.25) is 0 Å². The van der Waals surface area contributed by atoms with Gasteiger partial charge in [-0.2, -0.15) is 0 Å². The molecule has 4 aromatic rings. The van der Waals surface area contributed by atoms with Crippen LogP contribution in [0.4, 0.5) is 0 Å². The van der Waals surface area contributed by atoms with Gasteiger partial charge in [-0.3, -0.25) is 9.89 Å². The van der Waals surface area contributed by atoms with E-state index in [0.717, 1.165) is 10.6 Å². The van der Waals surface area contributed by atoms with E-state index in [0.29, 0.717) is 29.0 Å². The van der Waals surface area contributed by atoms with Gasteiger partial charge in [0.25, 0.3) is 5.56 Å². The smallest absolute Gasteiger partial charge is 0.266 e. The van der Waals surface area contributed by atoms with Crippen LogP contribution in [0.2, 0.25) is 0 Å². The van der Waals surface area contributed by atoms with Crippen LogP contribution in [0.5, 0.6) is 5.75 Å². The zero-order valence-electron chi connectivity index (χ0n) is 16.5. The van der Waals surface area contributed by atoms with Gasteiger partial charge in [-0.1, -0.05) is 50.7 Å². The Labute approximate surface area is 177 Å². The molecule has 0 atom stereocenters. The van der Waals surface area contributed by atoms with Crippen molar-refractivity contribution in [2.45, 2.75) is 31.3 Å². The summed E-state index contributed by atoms with van der Waals surface area (Å²) in [7, 11) is 0. The standard InChI is InChI=1S/C21H22N4O2S2/c1-21(2,3)14-6-8-15(9-7-14)27-10-12-29-20-23-19(16-5-4-11-28-16)22-17-13-18(26)24-25(17)20/h4-9,11,13H,10,12H2,1-3H3,(H,24,26). The summed E-state index contributed by atoms with van der Waals surface area (Å²) in [5.74, 6) is 2.16. The predicted octanol–water partition coefficient (Wildman–Crippen LogP) is 4.61. The Morgan fingerprint density at radius 1 is 1.17 bits per heavy atom. The molecule has 0 aliphatic rings. The highest BCUT2D eigenvalue weighted by Gasteiger charge is 2.14. The molecule has 3 aromatic heterocycles. The second-order valence-electron chi connectivity index (χ2n) is 7.59. The van der Waals surface area contributed by atoms with Gasteiger partial charge in [0.1, 0.15) is 5.75 Å². The fraction of sp³-hybridized carbons (Fsp3) is 0.286. The number of aromatic amines is 1. The summed E-state index contributed by atoms with van der Waals surface area (Å²) in [5.41, 5.74) is 1.77. The van der Waals surface area contributed by atoms with Gasteiger partial charge < -0.3 is 4.74 Å². The predicted molar refractivity (Wildman–Crippen MR) is 118 cm³/mol. The molecule has 0 aliphatic heterocycles. The van der Waals surface area contributed by atoms with Crippen LogP contribution in [-0.2, 0) is 5.41 Å². The Morgan fingerprint density at radius 2 is 1.97 bits per heavy atom. The van der Waals surface area contributed by atoms with Crippen LogP contribution in [0.1, 0.15) is 26.3 Å².